The number of hydrogen-bond acceptors (Lipinski definition) is 6. The van der Waals surface area contributed by atoms with Crippen LogP contribution in [0.1, 0.15) is 27.2 Å². The highest BCUT2D eigenvalue weighted by Crippen LogP contribution is 2.33. The van der Waals surface area contributed by atoms with Crippen molar-refractivity contribution < 1.29 is 9.53 Å². The number of methoxy groups -OCH3 is 1. The van der Waals surface area contributed by atoms with E-state index in [2.05, 4.69) is 21.3 Å². The molecule has 2 heterocycles. The molecule has 3 rings (SSSR count). The molecule has 1 aromatic carbocycles. The lowest BCUT2D eigenvalue weighted by Crippen LogP contribution is -2.05. The number of nitrogens with zero attached hydrogens (tertiary/aromatic N) is 3. The van der Waals surface area contributed by atoms with Gasteiger partial charge in [0.1, 0.15) is 17.5 Å². The number of aromatic nitrogens is 3. The van der Waals surface area contributed by atoms with Crippen LogP contribution in [0.3, 0.4) is 0 Å². The molecule has 0 aliphatic rings. The van der Waals surface area contributed by atoms with Gasteiger partial charge >= 0.3 is 5.97 Å². The van der Waals surface area contributed by atoms with Gasteiger partial charge in [-0.2, -0.15) is 10.4 Å². The number of aromatic amines is 1. The van der Waals surface area contributed by atoms with Crippen LogP contribution in [0.15, 0.2) is 30.5 Å². The van der Waals surface area contributed by atoms with Gasteiger partial charge in [0.25, 0.3) is 0 Å². The molecule has 0 aliphatic carbocycles. The number of rotatable bonds is 3. The van der Waals surface area contributed by atoms with E-state index in [-0.39, 0.29) is 17.1 Å². The zero-order valence-electron chi connectivity index (χ0n) is 14.6. The number of aryl methyl sites for hydroxylation is 2. The van der Waals surface area contributed by atoms with E-state index in [1.165, 1.54) is 13.3 Å². The second kappa shape index (κ2) is 6.69. The summed E-state index contributed by atoms with van der Waals surface area (Å²) in [7, 11) is 1.28. The number of nitrogens with two attached hydrogens (primary N) is 1. The van der Waals surface area contributed by atoms with Gasteiger partial charge in [0.15, 0.2) is 5.69 Å². The van der Waals surface area contributed by atoms with Crippen molar-refractivity contribution in [2.75, 3.05) is 12.8 Å². The van der Waals surface area contributed by atoms with Crippen LogP contribution in [-0.2, 0) is 4.74 Å². The molecule has 0 saturated carbocycles. The van der Waals surface area contributed by atoms with Gasteiger partial charge in [-0.15, -0.1) is 0 Å². The summed E-state index contributed by atoms with van der Waals surface area (Å²) in [5, 5.41) is 16.0. The topological polar surface area (TPSA) is 118 Å². The van der Waals surface area contributed by atoms with Gasteiger partial charge in [-0.3, -0.25) is 5.10 Å². The van der Waals surface area contributed by atoms with E-state index >= 15 is 0 Å². The lowest BCUT2D eigenvalue weighted by Gasteiger charge is -2.12. The molecule has 0 amide bonds. The number of H-pyrrole nitrogens is 1. The number of nitrogen functional groups attached to an aromatic ring is 1. The van der Waals surface area contributed by atoms with Gasteiger partial charge in [0.05, 0.1) is 19.0 Å². The average molecular weight is 347 g/mol. The Morgan fingerprint density at radius 1 is 1.23 bits per heavy atom. The summed E-state index contributed by atoms with van der Waals surface area (Å²) in [4.78, 5) is 16.4. The fourth-order valence-corrected chi connectivity index (χ4v) is 2.88. The molecule has 0 spiro atoms. The van der Waals surface area contributed by atoms with Crippen molar-refractivity contribution in [3.8, 4) is 28.5 Å². The van der Waals surface area contributed by atoms with Gasteiger partial charge in [-0.1, -0.05) is 23.8 Å². The van der Waals surface area contributed by atoms with Crippen LogP contribution in [-0.4, -0.2) is 28.3 Å². The third kappa shape index (κ3) is 2.89. The summed E-state index contributed by atoms with van der Waals surface area (Å²) in [6.07, 6.45) is 1.47. The molecule has 2 aromatic heterocycles. The Balaban J connectivity index is 2.26. The Morgan fingerprint density at radius 2 is 2.00 bits per heavy atom. The van der Waals surface area contributed by atoms with Crippen molar-refractivity contribution in [2.24, 2.45) is 0 Å². The van der Waals surface area contributed by atoms with Crippen LogP contribution in [0.25, 0.3) is 22.4 Å². The van der Waals surface area contributed by atoms with Crippen molar-refractivity contribution in [3.63, 3.8) is 0 Å². The Labute approximate surface area is 150 Å². The molecule has 0 atom stereocenters. The lowest BCUT2D eigenvalue weighted by atomic mass is 9.96. The first-order valence-corrected chi connectivity index (χ1v) is 7.86. The first-order chi connectivity index (χ1) is 12.5. The molecule has 7 heteroatoms. The summed E-state index contributed by atoms with van der Waals surface area (Å²) in [6, 6.07) is 9.78. The maximum atomic E-state index is 12.0. The van der Waals surface area contributed by atoms with E-state index in [0.717, 1.165) is 16.7 Å². The fraction of sp³-hybridized carbons (Fsp3) is 0.158. The SMILES string of the molecule is COC(=O)c1[nH]ncc1-c1cc(-c2ccc(C)cc2C)nc(N)c1C#N. The molecular formula is C19H17N5O2. The summed E-state index contributed by atoms with van der Waals surface area (Å²) >= 11 is 0. The second-order valence-electron chi connectivity index (χ2n) is 5.90. The number of esters is 1. The Morgan fingerprint density at radius 3 is 2.65 bits per heavy atom. The second-order valence-corrected chi connectivity index (χ2v) is 5.90. The number of hydrogen-bond donors (Lipinski definition) is 2. The third-order valence-corrected chi connectivity index (χ3v) is 4.14. The summed E-state index contributed by atoms with van der Waals surface area (Å²) in [6.45, 7) is 3.99. The molecule has 7 nitrogen and oxygen atoms in total. The van der Waals surface area contributed by atoms with Crippen molar-refractivity contribution in [3.05, 3.63) is 52.8 Å². The highest BCUT2D eigenvalue weighted by Gasteiger charge is 2.21. The maximum Gasteiger partial charge on any atom is 0.356 e. The molecule has 0 saturated heterocycles. The number of nitriles is 1. The standard InChI is InChI=1S/C19H17N5O2/c1-10-4-5-12(11(2)6-10)16-7-13(14(8-20)18(21)23-16)15-9-22-24-17(15)19(25)26-3/h4-7,9H,1-3H3,(H2,21,23)(H,22,24). The summed E-state index contributed by atoms with van der Waals surface area (Å²) in [5.41, 5.74) is 11.0. The van der Waals surface area contributed by atoms with Gasteiger partial charge < -0.3 is 10.5 Å². The molecule has 0 radical (unpaired) electrons. The van der Waals surface area contributed by atoms with Crippen LogP contribution in [0, 0.1) is 25.2 Å². The van der Waals surface area contributed by atoms with E-state index in [9.17, 15) is 10.1 Å². The molecule has 130 valence electrons. The zero-order valence-corrected chi connectivity index (χ0v) is 14.6. The Kier molecular flexibility index (Phi) is 4.42. The molecule has 0 bridgehead atoms. The quantitative estimate of drug-likeness (QED) is 0.703. The van der Waals surface area contributed by atoms with E-state index in [1.54, 1.807) is 6.07 Å². The predicted octanol–water partition coefficient (Wildman–Crippen LogP) is 3.00. The number of ether oxygens (including phenoxy) is 1. The van der Waals surface area contributed by atoms with Crippen molar-refractivity contribution in [1.82, 2.24) is 15.2 Å². The maximum absolute atomic E-state index is 12.0. The minimum absolute atomic E-state index is 0.0944. The van der Waals surface area contributed by atoms with Crippen LogP contribution < -0.4 is 5.73 Å². The van der Waals surface area contributed by atoms with Gasteiger partial charge in [0, 0.05) is 16.7 Å². The average Bonchev–Trinajstić information content (AvgIpc) is 3.10. The van der Waals surface area contributed by atoms with Crippen LogP contribution in [0.5, 0.6) is 0 Å². The molecular weight excluding hydrogens is 330 g/mol. The van der Waals surface area contributed by atoms with E-state index in [4.69, 9.17) is 10.5 Å². The molecule has 26 heavy (non-hydrogen) atoms. The molecule has 0 unspecified atom stereocenters. The van der Waals surface area contributed by atoms with E-state index in [1.807, 2.05) is 32.0 Å². The highest BCUT2D eigenvalue weighted by atomic mass is 16.5. The molecule has 3 N–H and O–H groups in total. The largest absolute Gasteiger partial charge is 0.464 e. The lowest BCUT2D eigenvalue weighted by molar-refractivity contribution is 0.0595. The predicted molar refractivity (Wildman–Crippen MR) is 97.2 cm³/mol. The smallest absolute Gasteiger partial charge is 0.356 e. The first-order valence-electron chi connectivity index (χ1n) is 7.86. The highest BCUT2D eigenvalue weighted by molar-refractivity contribution is 5.97. The van der Waals surface area contributed by atoms with Gasteiger partial charge in [-0.25, -0.2) is 9.78 Å². The summed E-state index contributed by atoms with van der Waals surface area (Å²) < 4.78 is 4.77. The minimum Gasteiger partial charge on any atom is -0.464 e. The van der Waals surface area contributed by atoms with E-state index in [0.29, 0.717) is 16.8 Å². The number of benzene rings is 1. The minimum atomic E-state index is -0.579. The van der Waals surface area contributed by atoms with Crippen molar-refractivity contribution in [1.29, 1.82) is 5.26 Å². The molecule has 3 aromatic rings. The first kappa shape index (κ1) is 17.2. The number of anilines is 1. The molecule has 0 fully saturated rings. The van der Waals surface area contributed by atoms with Crippen molar-refractivity contribution in [2.45, 2.75) is 13.8 Å². The number of pyridine rings is 1. The van der Waals surface area contributed by atoms with Crippen LogP contribution >= 0.6 is 0 Å². The number of carbonyl (C=O) groups excluding carboxylic acids is 1. The molecule has 0 aliphatic heterocycles. The van der Waals surface area contributed by atoms with Gasteiger partial charge in [-0.05, 0) is 25.5 Å². The number of carbonyl (C=O) groups is 1. The van der Waals surface area contributed by atoms with Gasteiger partial charge in [0.2, 0.25) is 0 Å². The Hall–Kier alpha value is -3.66. The van der Waals surface area contributed by atoms with E-state index < -0.39 is 5.97 Å². The summed E-state index contributed by atoms with van der Waals surface area (Å²) in [5.74, 6) is -0.484. The van der Waals surface area contributed by atoms with Crippen LogP contribution in [0.2, 0.25) is 0 Å². The number of nitrogens with one attached hydrogen (secondary N) is 1. The zero-order chi connectivity index (χ0) is 18.8. The monoisotopic (exact) mass is 347 g/mol. The normalized spacial score (nSPS) is 10.4. The fourth-order valence-electron chi connectivity index (χ4n) is 2.88. The third-order valence-electron chi connectivity index (χ3n) is 4.14. The van der Waals surface area contributed by atoms with Crippen molar-refractivity contribution >= 4 is 11.8 Å². The Bertz CT molecular complexity index is 1050. The van der Waals surface area contributed by atoms with Crippen LogP contribution in [0.4, 0.5) is 5.82 Å².